The van der Waals surface area contributed by atoms with Crippen LogP contribution in [0.5, 0.6) is 0 Å². The van der Waals surface area contributed by atoms with E-state index in [0.29, 0.717) is 29.5 Å². The second kappa shape index (κ2) is 5.37. The number of nitrogens with zero attached hydrogens (tertiary/aromatic N) is 7. The Morgan fingerprint density at radius 2 is 2.23 bits per heavy atom. The summed E-state index contributed by atoms with van der Waals surface area (Å²) in [5.74, 6) is 0.575. The normalized spacial score (nSPS) is 11.0. The van der Waals surface area contributed by atoms with Crippen molar-refractivity contribution in [2.45, 2.75) is 0 Å². The molecule has 0 bridgehead atoms. The summed E-state index contributed by atoms with van der Waals surface area (Å²) in [4.78, 5) is 14.1. The Morgan fingerprint density at radius 1 is 1.41 bits per heavy atom. The molecule has 3 rings (SSSR count). The highest BCUT2D eigenvalue weighted by Gasteiger charge is 2.23. The van der Waals surface area contributed by atoms with Crippen LogP contribution in [0.3, 0.4) is 0 Å². The van der Waals surface area contributed by atoms with Crippen molar-refractivity contribution in [1.29, 1.82) is 0 Å². The lowest BCUT2D eigenvalue weighted by molar-refractivity contribution is -0.396. The number of hydrogen-bond donors (Lipinski definition) is 2. The van der Waals surface area contributed by atoms with Gasteiger partial charge in [0.05, 0.1) is 13.7 Å². The van der Waals surface area contributed by atoms with Crippen LogP contribution in [-0.2, 0) is 7.05 Å². The summed E-state index contributed by atoms with van der Waals surface area (Å²) in [6.07, 6.45) is 1.35. The molecule has 3 heterocycles. The number of imidazole rings is 1. The molecule has 0 unspecified atom stereocenters. The van der Waals surface area contributed by atoms with Gasteiger partial charge in [-0.1, -0.05) is 4.98 Å². The number of aromatic nitrogens is 6. The summed E-state index contributed by atoms with van der Waals surface area (Å²) in [6, 6.07) is 3.41. The highest BCUT2D eigenvalue weighted by Crippen LogP contribution is 2.21. The quantitative estimate of drug-likeness (QED) is 0.490. The standard InChI is InChI=1S/C11H12N8O3/c1-17-7(6-13-11(17)19(21)22)10-15-14-9-3-2-8(12-4-5-20)16-18(9)10/h2-3,6,20H,4-5H2,1H3,(H,12,16). The molecule has 3 aromatic heterocycles. The average molecular weight is 304 g/mol. The summed E-state index contributed by atoms with van der Waals surface area (Å²) >= 11 is 0. The van der Waals surface area contributed by atoms with E-state index in [1.807, 2.05) is 0 Å². The Hall–Kier alpha value is -3.08. The van der Waals surface area contributed by atoms with Crippen LogP contribution in [0, 0.1) is 10.1 Å². The van der Waals surface area contributed by atoms with Gasteiger partial charge in [-0.2, -0.15) is 4.52 Å². The summed E-state index contributed by atoms with van der Waals surface area (Å²) in [5.41, 5.74) is 0.916. The molecule has 11 heteroatoms. The van der Waals surface area contributed by atoms with Crippen molar-refractivity contribution < 1.29 is 10.0 Å². The van der Waals surface area contributed by atoms with Crippen molar-refractivity contribution in [2.24, 2.45) is 7.05 Å². The number of hydrogen-bond acceptors (Lipinski definition) is 8. The van der Waals surface area contributed by atoms with Crippen molar-refractivity contribution in [3.8, 4) is 11.5 Å². The monoisotopic (exact) mass is 304 g/mol. The predicted octanol–water partition coefficient (Wildman–Crippen LogP) is -0.163. The zero-order valence-corrected chi connectivity index (χ0v) is 11.5. The van der Waals surface area contributed by atoms with E-state index in [4.69, 9.17) is 5.11 Å². The number of rotatable bonds is 5. The van der Waals surface area contributed by atoms with E-state index in [9.17, 15) is 10.1 Å². The van der Waals surface area contributed by atoms with Gasteiger partial charge in [0, 0.05) is 6.54 Å². The summed E-state index contributed by atoms with van der Waals surface area (Å²) in [6.45, 7) is 0.329. The average Bonchev–Trinajstić information content (AvgIpc) is 3.07. The Kier molecular flexibility index (Phi) is 3.39. The van der Waals surface area contributed by atoms with E-state index < -0.39 is 4.92 Å². The third-order valence-electron chi connectivity index (χ3n) is 3.04. The molecule has 0 saturated heterocycles. The molecule has 11 nitrogen and oxygen atoms in total. The first-order valence-electron chi connectivity index (χ1n) is 6.35. The van der Waals surface area contributed by atoms with E-state index in [-0.39, 0.29) is 12.6 Å². The molecule has 0 fully saturated rings. The Bertz CT molecular complexity index is 839. The first kappa shape index (κ1) is 13.9. The second-order valence-electron chi connectivity index (χ2n) is 4.42. The number of anilines is 1. The molecule has 114 valence electrons. The van der Waals surface area contributed by atoms with E-state index in [1.165, 1.54) is 22.3 Å². The molecular weight excluding hydrogens is 292 g/mol. The molecule has 0 radical (unpaired) electrons. The van der Waals surface area contributed by atoms with E-state index in [2.05, 4.69) is 25.6 Å². The first-order chi connectivity index (χ1) is 10.6. The number of aliphatic hydroxyl groups excluding tert-OH is 1. The van der Waals surface area contributed by atoms with Crippen LogP contribution in [0.4, 0.5) is 11.8 Å². The maximum Gasteiger partial charge on any atom is 0.434 e. The minimum Gasteiger partial charge on any atom is -0.395 e. The van der Waals surface area contributed by atoms with Crippen LogP contribution in [0.25, 0.3) is 17.2 Å². The van der Waals surface area contributed by atoms with Crippen molar-refractivity contribution in [3.63, 3.8) is 0 Å². The summed E-state index contributed by atoms with van der Waals surface area (Å²) < 4.78 is 2.77. The van der Waals surface area contributed by atoms with Gasteiger partial charge in [-0.25, -0.2) is 4.57 Å². The van der Waals surface area contributed by atoms with Gasteiger partial charge in [-0.05, 0) is 17.1 Å². The molecule has 0 amide bonds. The van der Waals surface area contributed by atoms with Gasteiger partial charge < -0.3 is 20.5 Å². The smallest absolute Gasteiger partial charge is 0.395 e. The predicted molar refractivity (Wildman–Crippen MR) is 75.2 cm³/mol. The van der Waals surface area contributed by atoms with E-state index in [1.54, 1.807) is 12.1 Å². The fourth-order valence-corrected chi connectivity index (χ4v) is 2.00. The molecule has 2 N–H and O–H groups in total. The fourth-order valence-electron chi connectivity index (χ4n) is 2.00. The van der Waals surface area contributed by atoms with Crippen LogP contribution in [-0.4, -0.2) is 52.5 Å². The van der Waals surface area contributed by atoms with Crippen molar-refractivity contribution in [3.05, 3.63) is 28.4 Å². The molecule has 0 spiro atoms. The molecule has 0 saturated carbocycles. The number of fused-ring (bicyclic) bond motifs is 1. The number of nitrogens with one attached hydrogen (secondary N) is 1. The minimum absolute atomic E-state index is 0.0251. The lowest BCUT2D eigenvalue weighted by Crippen LogP contribution is -2.09. The molecule has 0 aromatic carbocycles. The maximum atomic E-state index is 10.9. The fraction of sp³-hybridized carbons (Fsp3) is 0.273. The van der Waals surface area contributed by atoms with Crippen LogP contribution in [0.15, 0.2) is 18.3 Å². The molecule has 0 atom stereocenters. The highest BCUT2D eigenvalue weighted by molar-refractivity contribution is 5.57. The Labute approximate surface area is 123 Å². The summed E-state index contributed by atoms with van der Waals surface area (Å²) in [7, 11) is 1.52. The maximum absolute atomic E-state index is 10.9. The summed E-state index contributed by atoms with van der Waals surface area (Å²) in [5, 5.41) is 34.9. The zero-order chi connectivity index (χ0) is 15.7. The van der Waals surface area contributed by atoms with Crippen molar-refractivity contribution in [2.75, 3.05) is 18.5 Å². The van der Waals surface area contributed by atoms with Gasteiger partial charge >= 0.3 is 5.95 Å². The third kappa shape index (κ3) is 2.22. The topological polar surface area (TPSA) is 136 Å². The SMILES string of the molecule is Cn1c(-c2nnc3ccc(NCCO)nn23)cnc1[N+](=O)[O-]. The van der Waals surface area contributed by atoms with Gasteiger partial charge in [0.25, 0.3) is 0 Å². The number of aliphatic hydroxyl groups is 1. The number of nitro groups is 1. The largest absolute Gasteiger partial charge is 0.434 e. The van der Waals surface area contributed by atoms with Crippen molar-refractivity contribution in [1.82, 2.24) is 29.4 Å². The molecule has 0 aliphatic rings. The van der Waals surface area contributed by atoms with Gasteiger partial charge in [0.15, 0.2) is 11.3 Å². The lowest BCUT2D eigenvalue weighted by atomic mass is 10.4. The van der Waals surface area contributed by atoms with Crippen LogP contribution < -0.4 is 5.32 Å². The lowest BCUT2D eigenvalue weighted by Gasteiger charge is -2.04. The molecule has 0 aliphatic heterocycles. The third-order valence-corrected chi connectivity index (χ3v) is 3.04. The van der Waals surface area contributed by atoms with E-state index >= 15 is 0 Å². The first-order valence-corrected chi connectivity index (χ1v) is 6.35. The van der Waals surface area contributed by atoms with E-state index in [0.717, 1.165) is 0 Å². The van der Waals surface area contributed by atoms with Crippen LogP contribution in [0.2, 0.25) is 0 Å². The van der Waals surface area contributed by atoms with Crippen LogP contribution >= 0.6 is 0 Å². The van der Waals surface area contributed by atoms with Crippen molar-refractivity contribution >= 4 is 17.4 Å². The van der Waals surface area contributed by atoms with Gasteiger partial charge in [-0.15, -0.1) is 15.3 Å². The second-order valence-corrected chi connectivity index (χ2v) is 4.42. The van der Waals surface area contributed by atoms with Gasteiger partial charge in [0.1, 0.15) is 12.0 Å². The van der Waals surface area contributed by atoms with Crippen LogP contribution in [0.1, 0.15) is 0 Å². The van der Waals surface area contributed by atoms with Gasteiger partial charge in [-0.3, -0.25) is 0 Å². The minimum atomic E-state index is -0.575. The molecule has 3 aromatic rings. The molecule has 22 heavy (non-hydrogen) atoms. The van der Waals surface area contributed by atoms with Gasteiger partial charge in [0.2, 0.25) is 5.82 Å². The zero-order valence-electron chi connectivity index (χ0n) is 11.5. The molecular formula is C11H12N8O3. The molecule has 0 aliphatic carbocycles. The highest BCUT2D eigenvalue weighted by atomic mass is 16.6. The Morgan fingerprint density at radius 3 is 2.91 bits per heavy atom. The Balaban J connectivity index is 2.09.